The topological polar surface area (TPSA) is 18.9 Å². The molecule has 1 aliphatic carbocycles. The van der Waals surface area contributed by atoms with Gasteiger partial charge in [-0.3, -0.25) is 4.98 Å². The highest BCUT2D eigenvalue weighted by molar-refractivity contribution is 5.86. The average Bonchev–Trinajstić information content (AvgIpc) is 3.28. The van der Waals surface area contributed by atoms with Crippen molar-refractivity contribution in [1.29, 1.82) is 0 Å². The van der Waals surface area contributed by atoms with Crippen molar-refractivity contribution in [2.75, 3.05) is 0 Å². The Hall–Kier alpha value is -3.81. The largest absolute Gasteiger partial charge is 0.503 e. The first kappa shape index (κ1) is 17.1. The summed E-state index contributed by atoms with van der Waals surface area (Å²) in [7, 11) is 0. The Kier molecular flexibility index (Phi) is 3.47. The van der Waals surface area contributed by atoms with E-state index < -0.39 is 0 Å². The van der Waals surface area contributed by atoms with E-state index in [0.29, 0.717) is 0 Å². The molecule has 0 N–H and O–H groups in total. The molecule has 3 aromatic carbocycles. The summed E-state index contributed by atoms with van der Waals surface area (Å²) in [5.41, 5.74) is 9.33. The van der Waals surface area contributed by atoms with Crippen molar-refractivity contribution in [2.45, 2.75) is 19.3 Å². The van der Waals surface area contributed by atoms with Crippen LogP contribution in [-0.4, -0.2) is 11.0 Å². The highest BCUT2D eigenvalue weighted by Crippen LogP contribution is 2.49. The van der Waals surface area contributed by atoms with Crippen LogP contribution in [0.4, 0.5) is 22.7 Å². The van der Waals surface area contributed by atoms with Crippen LogP contribution in [0.2, 0.25) is 0 Å². The summed E-state index contributed by atoms with van der Waals surface area (Å²) in [4.78, 5) is 4.70. The minimum absolute atomic E-state index is 0.125. The Morgan fingerprint density at radius 1 is 0.700 bits per heavy atom. The van der Waals surface area contributed by atoms with Crippen LogP contribution in [0.15, 0.2) is 91.1 Å². The van der Waals surface area contributed by atoms with Crippen LogP contribution in [0.25, 0.3) is 11.1 Å². The second-order valence-corrected chi connectivity index (χ2v) is 8.35. The molecule has 4 aromatic rings. The molecule has 0 unspecified atom stereocenters. The molecule has 1 aliphatic heterocycles. The first-order chi connectivity index (χ1) is 14.6. The van der Waals surface area contributed by atoms with Gasteiger partial charge in [0.15, 0.2) is 0 Å². The zero-order valence-electron chi connectivity index (χ0n) is 17.0. The van der Waals surface area contributed by atoms with Gasteiger partial charge in [0.05, 0.1) is 5.69 Å². The van der Waals surface area contributed by atoms with E-state index in [-0.39, 0.29) is 5.41 Å². The van der Waals surface area contributed by atoms with Crippen LogP contribution in [-0.2, 0) is 5.41 Å². The van der Waals surface area contributed by atoms with Crippen molar-refractivity contribution < 1.29 is 0 Å². The maximum Gasteiger partial charge on any atom is 0.503 e. The SMILES string of the molecule is CC1(C)c2cc([N+]3=C=[N+](c4ccccc4)c4ccccc43)ccc2-c2cccnc21. The van der Waals surface area contributed by atoms with Gasteiger partial charge in [-0.05, 0) is 32.4 Å². The predicted octanol–water partition coefficient (Wildman–Crippen LogP) is 6.24. The Morgan fingerprint density at radius 3 is 2.17 bits per heavy atom. The van der Waals surface area contributed by atoms with E-state index in [1.54, 1.807) is 0 Å². The summed E-state index contributed by atoms with van der Waals surface area (Å²) in [6.07, 6.45) is 1.89. The molecule has 0 saturated heterocycles. The number of hydrogen-bond acceptors (Lipinski definition) is 1. The number of hydrogen-bond donors (Lipinski definition) is 0. The summed E-state index contributed by atoms with van der Waals surface area (Å²) in [5.74, 6) is 0. The van der Waals surface area contributed by atoms with Gasteiger partial charge in [0.2, 0.25) is 11.4 Å². The quantitative estimate of drug-likeness (QED) is 0.328. The minimum atomic E-state index is -0.125. The first-order valence-electron chi connectivity index (χ1n) is 10.3. The van der Waals surface area contributed by atoms with Gasteiger partial charge in [-0.1, -0.05) is 50.2 Å². The smallest absolute Gasteiger partial charge is 0.260 e. The van der Waals surface area contributed by atoms with Gasteiger partial charge >= 0.3 is 6.01 Å². The Labute approximate surface area is 175 Å². The normalized spacial score (nSPS) is 15.1. The number of fused-ring (bicyclic) bond motifs is 4. The second kappa shape index (κ2) is 6.09. The fraction of sp³-hybridized carbons (Fsp3) is 0.111. The van der Waals surface area contributed by atoms with Crippen LogP contribution >= 0.6 is 0 Å². The molecule has 2 aliphatic rings. The fourth-order valence-electron chi connectivity index (χ4n) is 4.69. The standard InChI is InChI=1S/C27H21N3/c1-27(2)23-17-20(14-15-21(23)22-11-8-16-28-26(22)27)30-18-29(19-9-4-3-5-10-19)24-12-6-7-13-25(24)30/h3-17H,1-2H3/q+2. The lowest BCUT2D eigenvalue weighted by Gasteiger charge is -2.19. The Bertz CT molecular complexity index is 1390. The third-order valence-corrected chi connectivity index (χ3v) is 6.20. The molecule has 0 saturated carbocycles. The lowest BCUT2D eigenvalue weighted by atomic mass is 9.85. The van der Waals surface area contributed by atoms with Gasteiger partial charge in [0.25, 0.3) is 11.4 Å². The van der Waals surface area contributed by atoms with Crippen LogP contribution in [0.1, 0.15) is 25.1 Å². The van der Waals surface area contributed by atoms with Gasteiger partial charge in [-0.15, -0.1) is 0 Å². The van der Waals surface area contributed by atoms with Crippen LogP contribution < -0.4 is 9.15 Å². The van der Waals surface area contributed by atoms with E-state index in [9.17, 15) is 0 Å². The molecule has 6 rings (SSSR count). The molecule has 0 fully saturated rings. The zero-order valence-corrected chi connectivity index (χ0v) is 17.0. The minimum Gasteiger partial charge on any atom is -0.260 e. The van der Waals surface area contributed by atoms with Crippen molar-refractivity contribution in [3.63, 3.8) is 0 Å². The lowest BCUT2D eigenvalue weighted by Crippen LogP contribution is -2.17. The first-order valence-corrected chi connectivity index (χ1v) is 10.3. The summed E-state index contributed by atoms with van der Waals surface area (Å²) >= 11 is 0. The molecule has 3 heteroatoms. The number of pyridine rings is 1. The molecule has 0 radical (unpaired) electrons. The van der Waals surface area contributed by atoms with E-state index in [1.165, 1.54) is 16.7 Å². The number of benzene rings is 3. The molecular weight excluding hydrogens is 366 g/mol. The number of nitrogens with zero attached hydrogens (tertiary/aromatic N) is 3. The van der Waals surface area contributed by atoms with Crippen LogP contribution in [0.3, 0.4) is 0 Å². The second-order valence-electron chi connectivity index (χ2n) is 8.35. The third-order valence-electron chi connectivity index (χ3n) is 6.20. The van der Waals surface area contributed by atoms with Crippen molar-refractivity contribution in [2.24, 2.45) is 0 Å². The van der Waals surface area contributed by atoms with Crippen LogP contribution in [0, 0.1) is 0 Å². The molecule has 0 bridgehead atoms. The van der Waals surface area contributed by atoms with E-state index in [4.69, 9.17) is 4.98 Å². The predicted molar refractivity (Wildman–Crippen MR) is 123 cm³/mol. The number of aromatic nitrogens is 1. The molecule has 0 amide bonds. The molecular formula is C27H21N3+2. The van der Waals surface area contributed by atoms with E-state index >= 15 is 0 Å². The summed E-state index contributed by atoms with van der Waals surface area (Å²) < 4.78 is 4.29. The van der Waals surface area contributed by atoms with Crippen molar-refractivity contribution in [1.82, 2.24) is 14.1 Å². The molecule has 0 atom stereocenters. The number of para-hydroxylation sites is 3. The molecule has 3 nitrogen and oxygen atoms in total. The molecule has 142 valence electrons. The van der Waals surface area contributed by atoms with Gasteiger partial charge in [0.1, 0.15) is 0 Å². The molecule has 30 heavy (non-hydrogen) atoms. The van der Waals surface area contributed by atoms with Gasteiger partial charge in [0, 0.05) is 53.6 Å². The van der Waals surface area contributed by atoms with Crippen molar-refractivity contribution in [3.8, 4) is 11.1 Å². The van der Waals surface area contributed by atoms with Gasteiger partial charge in [-0.2, -0.15) is 0 Å². The summed E-state index contributed by atoms with van der Waals surface area (Å²) in [6, 6.07) is 33.3. The summed E-state index contributed by atoms with van der Waals surface area (Å²) in [6.45, 7) is 4.52. The van der Waals surface area contributed by atoms with Gasteiger partial charge < -0.3 is 0 Å². The van der Waals surface area contributed by atoms with Gasteiger partial charge in [-0.25, -0.2) is 0 Å². The van der Waals surface area contributed by atoms with Crippen molar-refractivity contribution >= 4 is 28.8 Å². The maximum atomic E-state index is 4.70. The monoisotopic (exact) mass is 387 g/mol. The zero-order chi connectivity index (χ0) is 20.3. The highest BCUT2D eigenvalue weighted by atomic mass is 15.2. The molecule has 2 heterocycles. The maximum absolute atomic E-state index is 4.70. The highest BCUT2D eigenvalue weighted by Gasteiger charge is 2.40. The van der Waals surface area contributed by atoms with E-state index in [2.05, 4.69) is 102 Å². The van der Waals surface area contributed by atoms with Crippen LogP contribution in [0.5, 0.6) is 0 Å². The number of rotatable bonds is 2. The van der Waals surface area contributed by atoms with E-state index in [0.717, 1.165) is 28.4 Å². The summed E-state index contributed by atoms with van der Waals surface area (Å²) in [5, 5.41) is 0. The average molecular weight is 387 g/mol. The third kappa shape index (κ3) is 2.30. The van der Waals surface area contributed by atoms with E-state index in [1.807, 2.05) is 18.3 Å². The molecule has 0 spiro atoms. The fourth-order valence-corrected chi connectivity index (χ4v) is 4.69. The van der Waals surface area contributed by atoms with Crippen molar-refractivity contribution in [3.05, 3.63) is 102 Å². The molecule has 1 aromatic heterocycles. The Balaban J connectivity index is 1.57. The lowest BCUT2D eigenvalue weighted by molar-refractivity contribution is 0.636. The Morgan fingerprint density at radius 2 is 1.40 bits per heavy atom.